The van der Waals surface area contributed by atoms with Gasteiger partial charge in [0.15, 0.2) is 11.2 Å². The van der Waals surface area contributed by atoms with E-state index in [-0.39, 0.29) is 17.8 Å². The van der Waals surface area contributed by atoms with Crippen LogP contribution >= 0.6 is 11.6 Å². The van der Waals surface area contributed by atoms with Gasteiger partial charge in [0.1, 0.15) is 0 Å². The highest BCUT2D eigenvalue weighted by Gasteiger charge is 2.33. The van der Waals surface area contributed by atoms with Crippen LogP contribution in [0.3, 0.4) is 0 Å². The fraction of sp³-hybridized carbons (Fsp3) is 0.522. The number of aromatic nitrogens is 4. The van der Waals surface area contributed by atoms with Gasteiger partial charge in [-0.2, -0.15) is 4.98 Å². The number of aryl methyl sites for hydroxylation is 1. The molecule has 0 N–H and O–H groups in total. The molecule has 164 valence electrons. The summed E-state index contributed by atoms with van der Waals surface area (Å²) in [6, 6.07) is 7.77. The van der Waals surface area contributed by atoms with Crippen LogP contribution in [-0.2, 0) is 20.1 Å². The fourth-order valence-electron chi connectivity index (χ4n) is 5.18. The van der Waals surface area contributed by atoms with Crippen LogP contribution in [0.1, 0.15) is 44.6 Å². The van der Waals surface area contributed by atoms with Crippen LogP contribution in [0.4, 0.5) is 5.95 Å². The first-order valence-electron chi connectivity index (χ1n) is 11.2. The van der Waals surface area contributed by atoms with E-state index in [0.29, 0.717) is 28.1 Å². The van der Waals surface area contributed by atoms with Crippen LogP contribution in [0.5, 0.6) is 0 Å². The smallest absolute Gasteiger partial charge is 0.332 e. The van der Waals surface area contributed by atoms with Crippen LogP contribution in [0.15, 0.2) is 33.9 Å². The maximum atomic E-state index is 13.6. The summed E-state index contributed by atoms with van der Waals surface area (Å²) in [5.41, 5.74) is 1.06. The van der Waals surface area contributed by atoms with Crippen molar-refractivity contribution >= 4 is 28.7 Å². The highest BCUT2D eigenvalue weighted by molar-refractivity contribution is 6.31. The summed E-state index contributed by atoms with van der Waals surface area (Å²) >= 11 is 6.31. The molecule has 8 heteroatoms. The van der Waals surface area contributed by atoms with Crippen molar-refractivity contribution in [3.63, 3.8) is 0 Å². The molecule has 1 saturated carbocycles. The van der Waals surface area contributed by atoms with E-state index in [9.17, 15) is 9.59 Å². The molecule has 5 rings (SSSR count). The Morgan fingerprint density at radius 2 is 1.84 bits per heavy atom. The zero-order valence-electron chi connectivity index (χ0n) is 18.1. The molecule has 1 aliphatic heterocycles. The van der Waals surface area contributed by atoms with Crippen LogP contribution in [-0.4, -0.2) is 31.3 Å². The molecule has 31 heavy (non-hydrogen) atoms. The fourth-order valence-corrected chi connectivity index (χ4v) is 5.38. The van der Waals surface area contributed by atoms with Gasteiger partial charge in [-0.1, -0.05) is 56.0 Å². The molecule has 0 spiro atoms. The minimum atomic E-state index is -0.370. The van der Waals surface area contributed by atoms with E-state index in [1.165, 1.54) is 28.4 Å². The summed E-state index contributed by atoms with van der Waals surface area (Å²) in [5, 5.41) is 0.545. The molecule has 0 saturated heterocycles. The second kappa shape index (κ2) is 7.86. The largest absolute Gasteiger partial charge is 0.339 e. The monoisotopic (exact) mass is 441 g/mol. The molecule has 0 radical (unpaired) electrons. The lowest BCUT2D eigenvalue weighted by Gasteiger charge is -2.40. The number of fused-ring (bicyclic) bond motifs is 3. The average molecular weight is 442 g/mol. The van der Waals surface area contributed by atoms with E-state index in [0.717, 1.165) is 37.4 Å². The van der Waals surface area contributed by atoms with Crippen molar-refractivity contribution in [2.45, 2.75) is 58.2 Å². The molecule has 3 aromatic rings. The number of hydrogen-bond acceptors (Lipinski definition) is 4. The first kappa shape index (κ1) is 20.4. The Bertz CT molecular complexity index is 1250. The van der Waals surface area contributed by atoms with Crippen molar-refractivity contribution in [2.75, 3.05) is 11.4 Å². The van der Waals surface area contributed by atoms with Gasteiger partial charge in [0.25, 0.3) is 5.56 Å². The second-order valence-electron chi connectivity index (χ2n) is 9.07. The Hall–Kier alpha value is -2.54. The van der Waals surface area contributed by atoms with Crippen molar-refractivity contribution < 1.29 is 0 Å². The Kier molecular flexibility index (Phi) is 5.16. The average Bonchev–Trinajstić information content (AvgIpc) is 3.16. The van der Waals surface area contributed by atoms with Gasteiger partial charge >= 0.3 is 5.69 Å². The topological polar surface area (TPSA) is 65.1 Å². The Morgan fingerprint density at radius 1 is 1.10 bits per heavy atom. The molecule has 2 aliphatic rings. The van der Waals surface area contributed by atoms with Gasteiger partial charge in [-0.05, 0) is 30.4 Å². The van der Waals surface area contributed by atoms with Gasteiger partial charge in [-0.3, -0.25) is 13.9 Å². The maximum absolute atomic E-state index is 13.6. The van der Waals surface area contributed by atoms with Gasteiger partial charge in [-0.15, -0.1) is 0 Å². The van der Waals surface area contributed by atoms with Crippen LogP contribution < -0.4 is 16.1 Å². The standard InChI is InChI=1S/C23H28ClN5O2/c1-15-12-27(17-9-4-3-5-10-17)22-25-20-19(28(22)13-15)21(30)29(23(31)26(20)2)14-16-8-6-7-11-18(16)24/h6-8,11,15,17H,3-5,9-10,12-14H2,1-2H3/t15-/m0/s1. The Morgan fingerprint density at radius 3 is 2.58 bits per heavy atom. The Balaban J connectivity index is 1.68. The quantitative estimate of drug-likeness (QED) is 0.625. The van der Waals surface area contributed by atoms with Gasteiger partial charge in [0.2, 0.25) is 5.95 Å². The number of nitrogens with zero attached hydrogens (tertiary/aromatic N) is 5. The highest BCUT2D eigenvalue weighted by Crippen LogP contribution is 2.33. The minimum absolute atomic E-state index is 0.142. The third kappa shape index (κ3) is 3.39. The highest BCUT2D eigenvalue weighted by atomic mass is 35.5. The number of rotatable bonds is 3. The van der Waals surface area contributed by atoms with Crippen LogP contribution in [0.25, 0.3) is 11.2 Å². The predicted octanol–water partition coefficient (Wildman–Crippen LogP) is 3.39. The Labute approximate surface area is 185 Å². The normalized spacial score (nSPS) is 19.7. The molecule has 1 aliphatic carbocycles. The van der Waals surface area contributed by atoms with E-state index in [4.69, 9.17) is 16.6 Å². The number of imidazole rings is 1. The van der Waals surface area contributed by atoms with Crippen molar-refractivity contribution in [2.24, 2.45) is 13.0 Å². The maximum Gasteiger partial charge on any atom is 0.332 e. The molecular formula is C23H28ClN5O2. The molecule has 1 atom stereocenters. The molecular weight excluding hydrogens is 414 g/mol. The molecule has 0 unspecified atom stereocenters. The molecule has 0 amide bonds. The molecule has 2 aromatic heterocycles. The van der Waals surface area contributed by atoms with Gasteiger partial charge in [0.05, 0.1) is 6.54 Å². The minimum Gasteiger partial charge on any atom is -0.339 e. The van der Waals surface area contributed by atoms with Gasteiger partial charge < -0.3 is 9.47 Å². The second-order valence-corrected chi connectivity index (χ2v) is 9.48. The summed E-state index contributed by atoms with van der Waals surface area (Å²) in [7, 11) is 1.70. The van der Waals surface area contributed by atoms with E-state index in [1.54, 1.807) is 13.1 Å². The number of halogens is 1. The first-order valence-corrected chi connectivity index (χ1v) is 11.5. The molecule has 3 heterocycles. The van der Waals surface area contributed by atoms with Crippen LogP contribution in [0, 0.1) is 5.92 Å². The lowest BCUT2D eigenvalue weighted by atomic mass is 9.93. The third-order valence-electron chi connectivity index (χ3n) is 6.77. The zero-order chi connectivity index (χ0) is 21.7. The lowest BCUT2D eigenvalue weighted by molar-refractivity contribution is 0.354. The first-order chi connectivity index (χ1) is 15.0. The SMILES string of the molecule is C[C@H]1CN(C2CCCCC2)c2nc3c(c(=O)n(Cc4ccccc4Cl)c(=O)n3C)n2C1. The van der Waals surface area contributed by atoms with E-state index in [1.807, 2.05) is 22.8 Å². The molecule has 1 fully saturated rings. The summed E-state index contributed by atoms with van der Waals surface area (Å²) < 4.78 is 4.83. The van der Waals surface area contributed by atoms with Crippen molar-refractivity contribution in [3.05, 3.63) is 55.7 Å². The van der Waals surface area contributed by atoms with Crippen molar-refractivity contribution in [1.29, 1.82) is 0 Å². The van der Waals surface area contributed by atoms with Crippen LogP contribution in [0.2, 0.25) is 5.02 Å². The summed E-state index contributed by atoms with van der Waals surface area (Å²) in [5.74, 6) is 1.24. The number of benzene rings is 1. The molecule has 0 bridgehead atoms. The summed E-state index contributed by atoms with van der Waals surface area (Å²) in [6.07, 6.45) is 6.08. The van der Waals surface area contributed by atoms with E-state index >= 15 is 0 Å². The summed E-state index contributed by atoms with van der Waals surface area (Å²) in [6.45, 7) is 4.03. The third-order valence-corrected chi connectivity index (χ3v) is 7.14. The van der Waals surface area contributed by atoms with Crippen molar-refractivity contribution in [1.82, 2.24) is 18.7 Å². The van der Waals surface area contributed by atoms with Gasteiger partial charge in [0, 0.05) is 31.2 Å². The number of anilines is 1. The summed E-state index contributed by atoms with van der Waals surface area (Å²) in [4.78, 5) is 33.9. The van der Waals surface area contributed by atoms with Crippen molar-refractivity contribution in [3.8, 4) is 0 Å². The van der Waals surface area contributed by atoms with E-state index < -0.39 is 0 Å². The molecule has 1 aromatic carbocycles. The molecule has 7 nitrogen and oxygen atoms in total. The predicted molar refractivity (Wildman–Crippen MR) is 123 cm³/mol. The van der Waals surface area contributed by atoms with E-state index in [2.05, 4.69) is 11.8 Å². The number of hydrogen-bond donors (Lipinski definition) is 0. The lowest BCUT2D eigenvalue weighted by Crippen LogP contribution is -2.45. The zero-order valence-corrected chi connectivity index (χ0v) is 18.8. The van der Waals surface area contributed by atoms with Gasteiger partial charge in [-0.25, -0.2) is 4.79 Å².